The summed E-state index contributed by atoms with van der Waals surface area (Å²) in [5, 5.41) is 3.18. The fourth-order valence-electron chi connectivity index (χ4n) is 3.34. The third-order valence-electron chi connectivity index (χ3n) is 4.90. The van der Waals surface area contributed by atoms with Crippen LogP contribution >= 0.6 is 0 Å². The molecule has 6 nitrogen and oxygen atoms in total. The van der Waals surface area contributed by atoms with Crippen LogP contribution in [0.1, 0.15) is 37.3 Å². The molecule has 0 bridgehead atoms. The summed E-state index contributed by atoms with van der Waals surface area (Å²) in [6, 6.07) is 6.33. The zero-order valence-corrected chi connectivity index (χ0v) is 16.3. The number of hydrogen-bond donors (Lipinski definition) is 2. The van der Waals surface area contributed by atoms with E-state index in [-0.39, 0.29) is 5.41 Å². The molecule has 1 aliphatic rings. The maximum Gasteiger partial charge on any atom is 0.188 e. The van der Waals surface area contributed by atoms with Crippen LogP contribution in [-0.2, 0) is 14.9 Å². The molecular weight excluding hydrogens is 330 g/mol. The Morgan fingerprint density at radius 1 is 1.35 bits per heavy atom. The molecule has 0 unspecified atom stereocenters. The van der Waals surface area contributed by atoms with Crippen LogP contribution in [0.15, 0.2) is 23.2 Å². The van der Waals surface area contributed by atoms with Crippen molar-refractivity contribution in [1.29, 1.82) is 0 Å². The Bertz CT molecular complexity index is 584. The quantitative estimate of drug-likeness (QED) is 0.400. The molecule has 0 spiro atoms. The van der Waals surface area contributed by atoms with Gasteiger partial charge in [-0.3, -0.25) is 4.99 Å². The maximum atomic E-state index is 6.08. The predicted molar refractivity (Wildman–Crippen MR) is 105 cm³/mol. The zero-order valence-electron chi connectivity index (χ0n) is 16.3. The standard InChI is InChI=1S/C20H33N3O3/c1-4-25-11-5-10-22-19(21)23-15-20(8-12-26-13-9-20)17-14-16(2)6-7-18(17)24-3/h6-7,14H,4-5,8-13,15H2,1-3H3,(H3,21,22,23). The molecule has 146 valence electrons. The molecular formula is C20H33N3O3. The highest BCUT2D eigenvalue weighted by Crippen LogP contribution is 2.40. The van der Waals surface area contributed by atoms with E-state index in [2.05, 4.69) is 29.4 Å². The zero-order chi connectivity index (χ0) is 18.8. The summed E-state index contributed by atoms with van der Waals surface area (Å²) in [6.07, 6.45) is 2.73. The topological polar surface area (TPSA) is 78.1 Å². The smallest absolute Gasteiger partial charge is 0.188 e. The van der Waals surface area contributed by atoms with Gasteiger partial charge in [-0.2, -0.15) is 0 Å². The van der Waals surface area contributed by atoms with Gasteiger partial charge in [0.25, 0.3) is 0 Å². The summed E-state index contributed by atoms with van der Waals surface area (Å²) in [6.45, 7) is 8.43. The lowest BCUT2D eigenvalue weighted by Gasteiger charge is -2.37. The van der Waals surface area contributed by atoms with Crippen LogP contribution in [-0.4, -0.2) is 52.6 Å². The first kappa shape index (κ1) is 20.5. The fourth-order valence-corrected chi connectivity index (χ4v) is 3.34. The minimum absolute atomic E-state index is 0.104. The lowest BCUT2D eigenvalue weighted by molar-refractivity contribution is 0.0522. The van der Waals surface area contributed by atoms with Crippen molar-refractivity contribution in [2.75, 3.05) is 46.6 Å². The van der Waals surface area contributed by atoms with Gasteiger partial charge in [0.1, 0.15) is 5.75 Å². The molecule has 0 saturated carbocycles. The van der Waals surface area contributed by atoms with E-state index in [1.165, 1.54) is 11.1 Å². The van der Waals surface area contributed by atoms with E-state index in [9.17, 15) is 0 Å². The predicted octanol–water partition coefficient (Wildman–Crippen LogP) is 2.38. The van der Waals surface area contributed by atoms with Crippen molar-refractivity contribution in [3.8, 4) is 5.75 Å². The normalized spacial score (nSPS) is 17.1. The molecule has 1 aromatic rings. The average Bonchev–Trinajstić information content (AvgIpc) is 2.67. The number of aliphatic imine (C=N–C) groups is 1. The van der Waals surface area contributed by atoms with Crippen molar-refractivity contribution in [2.45, 2.75) is 38.5 Å². The monoisotopic (exact) mass is 363 g/mol. The Labute approximate surface area is 157 Å². The van der Waals surface area contributed by atoms with E-state index in [0.29, 0.717) is 12.5 Å². The molecule has 0 aliphatic carbocycles. The molecule has 1 heterocycles. The van der Waals surface area contributed by atoms with Gasteiger partial charge in [-0.15, -0.1) is 0 Å². The molecule has 1 aliphatic heterocycles. The van der Waals surface area contributed by atoms with Gasteiger partial charge in [0, 0.05) is 44.0 Å². The Hall–Kier alpha value is -1.79. The van der Waals surface area contributed by atoms with E-state index < -0.39 is 0 Å². The van der Waals surface area contributed by atoms with Crippen LogP contribution in [0, 0.1) is 6.92 Å². The number of guanidine groups is 1. The number of nitrogens with one attached hydrogen (secondary N) is 1. The molecule has 1 aromatic carbocycles. The van der Waals surface area contributed by atoms with Gasteiger partial charge in [-0.05, 0) is 39.2 Å². The Morgan fingerprint density at radius 3 is 2.81 bits per heavy atom. The van der Waals surface area contributed by atoms with Gasteiger partial charge >= 0.3 is 0 Å². The minimum atomic E-state index is -0.104. The minimum Gasteiger partial charge on any atom is -0.496 e. The molecule has 3 N–H and O–H groups in total. The summed E-state index contributed by atoms with van der Waals surface area (Å²) in [5.41, 5.74) is 8.40. The number of benzene rings is 1. The summed E-state index contributed by atoms with van der Waals surface area (Å²) >= 11 is 0. The van der Waals surface area contributed by atoms with Gasteiger partial charge in [-0.25, -0.2) is 0 Å². The first-order valence-electron chi connectivity index (χ1n) is 9.45. The van der Waals surface area contributed by atoms with Crippen LogP contribution in [0.2, 0.25) is 0 Å². The third kappa shape index (κ3) is 5.61. The lowest BCUT2D eigenvalue weighted by atomic mass is 9.73. The molecule has 2 rings (SSSR count). The number of nitrogens with zero attached hydrogens (tertiary/aromatic N) is 1. The molecule has 0 amide bonds. The Kier molecular flexibility index (Phi) is 8.19. The Morgan fingerprint density at radius 2 is 2.12 bits per heavy atom. The van der Waals surface area contributed by atoms with Crippen LogP contribution in [0.3, 0.4) is 0 Å². The molecule has 6 heteroatoms. The van der Waals surface area contributed by atoms with E-state index in [1.807, 2.05) is 13.0 Å². The second-order valence-corrected chi connectivity index (χ2v) is 6.78. The van der Waals surface area contributed by atoms with Gasteiger partial charge < -0.3 is 25.3 Å². The number of methoxy groups -OCH3 is 1. The molecule has 1 saturated heterocycles. The number of hydrogen-bond acceptors (Lipinski definition) is 4. The van der Waals surface area contributed by atoms with E-state index in [0.717, 1.165) is 58.0 Å². The lowest BCUT2D eigenvalue weighted by Crippen LogP contribution is -2.39. The summed E-state index contributed by atoms with van der Waals surface area (Å²) in [5.74, 6) is 1.40. The van der Waals surface area contributed by atoms with Crippen molar-refractivity contribution in [1.82, 2.24) is 5.32 Å². The second-order valence-electron chi connectivity index (χ2n) is 6.78. The van der Waals surface area contributed by atoms with Crippen molar-refractivity contribution in [2.24, 2.45) is 10.7 Å². The van der Waals surface area contributed by atoms with Crippen LogP contribution in [0.25, 0.3) is 0 Å². The third-order valence-corrected chi connectivity index (χ3v) is 4.90. The summed E-state index contributed by atoms with van der Waals surface area (Å²) in [4.78, 5) is 4.65. The molecule has 1 fully saturated rings. The van der Waals surface area contributed by atoms with Gasteiger partial charge in [0.2, 0.25) is 0 Å². The number of nitrogens with two attached hydrogens (primary N) is 1. The van der Waals surface area contributed by atoms with Crippen LogP contribution in [0.4, 0.5) is 0 Å². The van der Waals surface area contributed by atoms with Crippen molar-refractivity contribution < 1.29 is 14.2 Å². The Balaban J connectivity index is 2.10. The summed E-state index contributed by atoms with van der Waals surface area (Å²) < 4.78 is 16.6. The fraction of sp³-hybridized carbons (Fsp3) is 0.650. The van der Waals surface area contributed by atoms with Crippen LogP contribution in [0.5, 0.6) is 5.75 Å². The highest BCUT2D eigenvalue weighted by Gasteiger charge is 2.37. The molecule has 26 heavy (non-hydrogen) atoms. The van der Waals surface area contributed by atoms with Crippen molar-refractivity contribution >= 4 is 5.96 Å². The first-order valence-corrected chi connectivity index (χ1v) is 9.45. The summed E-state index contributed by atoms with van der Waals surface area (Å²) in [7, 11) is 1.72. The van der Waals surface area contributed by atoms with Gasteiger partial charge in [0.05, 0.1) is 13.7 Å². The van der Waals surface area contributed by atoms with E-state index in [1.54, 1.807) is 7.11 Å². The second kappa shape index (κ2) is 10.4. The number of rotatable bonds is 9. The van der Waals surface area contributed by atoms with E-state index >= 15 is 0 Å². The first-order chi connectivity index (χ1) is 12.6. The number of ether oxygens (including phenoxy) is 3. The molecule has 0 radical (unpaired) electrons. The van der Waals surface area contributed by atoms with E-state index in [4.69, 9.17) is 19.9 Å². The highest BCUT2D eigenvalue weighted by atomic mass is 16.5. The van der Waals surface area contributed by atoms with Gasteiger partial charge in [-0.1, -0.05) is 17.7 Å². The van der Waals surface area contributed by atoms with Crippen molar-refractivity contribution in [3.05, 3.63) is 29.3 Å². The molecule has 0 aromatic heterocycles. The maximum absolute atomic E-state index is 6.08. The van der Waals surface area contributed by atoms with Crippen molar-refractivity contribution in [3.63, 3.8) is 0 Å². The molecule has 0 atom stereocenters. The number of aryl methyl sites for hydroxylation is 1. The average molecular weight is 364 g/mol. The largest absolute Gasteiger partial charge is 0.496 e. The van der Waals surface area contributed by atoms with Gasteiger partial charge in [0.15, 0.2) is 5.96 Å². The van der Waals surface area contributed by atoms with Crippen LogP contribution < -0.4 is 15.8 Å². The SMILES string of the molecule is CCOCCCNC(N)=NCC1(c2cc(C)ccc2OC)CCOCC1. The highest BCUT2D eigenvalue weighted by molar-refractivity contribution is 5.77.